The first-order valence-electron chi connectivity index (χ1n) is 9.30. The molecule has 2 aromatic carbocycles. The lowest BCUT2D eigenvalue weighted by Gasteiger charge is -2.18. The SMILES string of the molecule is O=C1[C@@H]2[C@H](C(=O)N1c1ccccc1)[C@@H]1C=C[C@H]2C1=C/C=C/c1ccccc1. The summed E-state index contributed by atoms with van der Waals surface area (Å²) in [5.41, 5.74) is 3.00. The largest absolute Gasteiger partial charge is 0.274 e. The van der Waals surface area contributed by atoms with E-state index in [9.17, 15) is 9.59 Å². The van der Waals surface area contributed by atoms with Gasteiger partial charge in [0, 0.05) is 11.8 Å². The van der Waals surface area contributed by atoms with Crippen LogP contribution in [0, 0.1) is 23.7 Å². The van der Waals surface area contributed by atoms with Crippen LogP contribution in [-0.2, 0) is 9.59 Å². The maximum absolute atomic E-state index is 13.1. The molecule has 2 aromatic rings. The number of imide groups is 1. The van der Waals surface area contributed by atoms with Crippen molar-refractivity contribution < 1.29 is 9.59 Å². The van der Waals surface area contributed by atoms with Gasteiger partial charge in [0.05, 0.1) is 17.5 Å². The van der Waals surface area contributed by atoms with E-state index in [2.05, 4.69) is 36.4 Å². The first kappa shape index (κ1) is 16.0. The highest BCUT2D eigenvalue weighted by molar-refractivity contribution is 6.23. The summed E-state index contributed by atoms with van der Waals surface area (Å²) >= 11 is 0. The van der Waals surface area contributed by atoms with Crippen LogP contribution in [0.1, 0.15) is 5.56 Å². The normalized spacial score (nSPS) is 30.1. The molecular weight excluding hydrogens is 334 g/mol. The Bertz CT molecular complexity index is 954. The summed E-state index contributed by atoms with van der Waals surface area (Å²) in [6.45, 7) is 0. The van der Waals surface area contributed by atoms with Crippen LogP contribution in [0.2, 0.25) is 0 Å². The van der Waals surface area contributed by atoms with Gasteiger partial charge >= 0.3 is 0 Å². The molecule has 2 amide bonds. The third-order valence-corrected chi connectivity index (χ3v) is 5.86. The van der Waals surface area contributed by atoms with Crippen molar-refractivity contribution in [3.05, 3.63) is 96.1 Å². The van der Waals surface area contributed by atoms with E-state index in [-0.39, 0.29) is 35.5 Å². The highest BCUT2D eigenvalue weighted by atomic mass is 16.2. The number of fused-ring (bicyclic) bond motifs is 5. The van der Waals surface area contributed by atoms with Crippen LogP contribution >= 0.6 is 0 Å². The molecule has 0 N–H and O–H groups in total. The number of carbonyl (C=O) groups excluding carboxylic acids is 2. The number of hydrogen-bond donors (Lipinski definition) is 0. The lowest BCUT2D eigenvalue weighted by atomic mass is 9.85. The lowest BCUT2D eigenvalue weighted by Crippen LogP contribution is -2.33. The van der Waals surface area contributed by atoms with E-state index in [1.165, 1.54) is 10.5 Å². The summed E-state index contributed by atoms with van der Waals surface area (Å²) in [5.74, 6) is -0.582. The van der Waals surface area contributed by atoms with Gasteiger partial charge in [0.2, 0.25) is 11.8 Å². The van der Waals surface area contributed by atoms with Gasteiger partial charge in [-0.3, -0.25) is 9.59 Å². The molecule has 0 unspecified atom stereocenters. The molecule has 0 aromatic heterocycles. The van der Waals surface area contributed by atoms with Crippen LogP contribution in [-0.4, -0.2) is 11.8 Å². The Hall–Kier alpha value is -3.20. The summed E-state index contributed by atoms with van der Waals surface area (Å²) < 4.78 is 0. The zero-order valence-electron chi connectivity index (χ0n) is 14.7. The average Bonchev–Trinajstić information content (AvgIpc) is 3.33. The number of benzene rings is 2. The number of rotatable bonds is 3. The number of carbonyl (C=O) groups is 2. The molecule has 3 heteroatoms. The molecule has 2 aliphatic carbocycles. The van der Waals surface area contributed by atoms with Crippen LogP contribution in [0.3, 0.4) is 0 Å². The first-order valence-corrected chi connectivity index (χ1v) is 9.30. The molecule has 1 aliphatic heterocycles. The zero-order chi connectivity index (χ0) is 18.4. The number of amides is 2. The van der Waals surface area contributed by atoms with Crippen LogP contribution in [0.5, 0.6) is 0 Å². The highest BCUT2D eigenvalue weighted by Gasteiger charge is 2.61. The average molecular weight is 353 g/mol. The molecule has 1 saturated carbocycles. The van der Waals surface area contributed by atoms with Gasteiger partial charge in [-0.05, 0) is 17.7 Å². The molecule has 2 fully saturated rings. The van der Waals surface area contributed by atoms with Crippen molar-refractivity contribution in [1.82, 2.24) is 0 Å². The number of allylic oxidation sites excluding steroid dienone is 5. The molecule has 1 heterocycles. The van der Waals surface area contributed by atoms with Crippen LogP contribution in [0.4, 0.5) is 5.69 Å². The lowest BCUT2D eigenvalue weighted by molar-refractivity contribution is -0.122. The highest BCUT2D eigenvalue weighted by Crippen LogP contribution is 2.56. The summed E-state index contributed by atoms with van der Waals surface area (Å²) in [6.07, 6.45) is 10.4. The molecule has 5 rings (SSSR count). The molecule has 27 heavy (non-hydrogen) atoms. The zero-order valence-corrected chi connectivity index (χ0v) is 14.7. The Morgan fingerprint density at radius 2 is 1.30 bits per heavy atom. The third kappa shape index (κ3) is 2.42. The van der Waals surface area contributed by atoms with Crippen LogP contribution < -0.4 is 4.90 Å². The Labute approximate surface area is 158 Å². The smallest absolute Gasteiger partial charge is 0.238 e. The fourth-order valence-electron chi connectivity index (χ4n) is 4.69. The summed E-state index contributed by atoms with van der Waals surface area (Å²) in [5, 5.41) is 0. The molecular formula is C24H19NO2. The predicted molar refractivity (Wildman–Crippen MR) is 106 cm³/mol. The van der Waals surface area contributed by atoms with Gasteiger partial charge in [-0.1, -0.05) is 84.5 Å². The fourth-order valence-corrected chi connectivity index (χ4v) is 4.69. The number of anilines is 1. The van der Waals surface area contributed by atoms with Gasteiger partial charge in [-0.15, -0.1) is 0 Å². The van der Waals surface area contributed by atoms with E-state index in [1.54, 1.807) is 0 Å². The van der Waals surface area contributed by atoms with E-state index < -0.39 is 0 Å². The molecule has 1 saturated heterocycles. The molecule has 3 nitrogen and oxygen atoms in total. The molecule has 4 atom stereocenters. The molecule has 0 radical (unpaired) electrons. The predicted octanol–water partition coefficient (Wildman–Crippen LogP) is 4.25. The van der Waals surface area contributed by atoms with Gasteiger partial charge in [-0.25, -0.2) is 4.90 Å². The Balaban J connectivity index is 1.43. The molecule has 0 spiro atoms. The fraction of sp³-hybridized carbons (Fsp3) is 0.167. The van der Waals surface area contributed by atoms with Crippen molar-refractivity contribution in [2.75, 3.05) is 4.90 Å². The number of nitrogens with zero attached hydrogens (tertiary/aromatic N) is 1. The monoisotopic (exact) mass is 353 g/mol. The van der Waals surface area contributed by atoms with Crippen molar-refractivity contribution in [2.45, 2.75) is 0 Å². The van der Waals surface area contributed by atoms with Crippen molar-refractivity contribution in [3.63, 3.8) is 0 Å². The minimum absolute atomic E-state index is 0.0329. The minimum atomic E-state index is -0.260. The number of para-hydroxylation sites is 1. The summed E-state index contributed by atoms with van der Waals surface area (Å²) in [6, 6.07) is 19.4. The van der Waals surface area contributed by atoms with Crippen molar-refractivity contribution in [2.24, 2.45) is 23.7 Å². The quantitative estimate of drug-likeness (QED) is 0.611. The van der Waals surface area contributed by atoms with E-state index >= 15 is 0 Å². The molecule has 2 bridgehead atoms. The standard InChI is InChI=1S/C24H19NO2/c26-23-21-19-14-15-20(18(19)13-7-10-16-8-3-1-4-9-16)22(21)24(27)25(23)17-11-5-2-6-12-17/h1-15,19-22H/b10-7+,18-13?/t19-,20+,21-,22+. The molecule has 3 aliphatic rings. The summed E-state index contributed by atoms with van der Waals surface area (Å²) in [7, 11) is 0. The Morgan fingerprint density at radius 1 is 0.741 bits per heavy atom. The second-order valence-corrected chi connectivity index (χ2v) is 7.27. The van der Waals surface area contributed by atoms with E-state index in [0.29, 0.717) is 5.69 Å². The minimum Gasteiger partial charge on any atom is -0.274 e. The van der Waals surface area contributed by atoms with E-state index in [4.69, 9.17) is 0 Å². The van der Waals surface area contributed by atoms with Crippen molar-refractivity contribution in [1.29, 1.82) is 0 Å². The maximum Gasteiger partial charge on any atom is 0.238 e. The van der Waals surface area contributed by atoms with Crippen molar-refractivity contribution in [3.8, 4) is 0 Å². The first-order chi connectivity index (χ1) is 13.3. The van der Waals surface area contributed by atoms with E-state index in [1.807, 2.05) is 54.6 Å². The van der Waals surface area contributed by atoms with Crippen LogP contribution in [0.25, 0.3) is 6.08 Å². The Kier molecular flexibility index (Phi) is 3.68. The van der Waals surface area contributed by atoms with Gasteiger partial charge < -0.3 is 0 Å². The maximum atomic E-state index is 13.1. The molecule has 132 valence electrons. The van der Waals surface area contributed by atoms with Gasteiger partial charge in [0.1, 0.15) is 0 Å². The Morgan fingerprint density at radius 3 is 1.89 bits per heavy atom. The second-order valence-electron chi connectivity index (χ2n) is 7.27. The number of hydrogen-bond acceptors (Lipinski definition) is 2. The van der Waals surface area contributed by atoms with Gasteiger partial charge in [0.25, 0.3) is 0 Å². The second kappa shape index (κ2) is 6.20. The topological polar surface area (TPSA) is 37.4 Å². The van der Waals surface area contributed by atoms with Gasteiger partial charge in [0.15, 0.2) is 0 Å². The summed E-state index contributed by atoms with van der Waals surface area (Å²) in [4.78, 5) is 27.5. The van der Waals surface area contributed by atoms with Crippen LogP contribution in [0.15, 0.2) is 90.5 Å². The van der Waals surface area contributed by atoms with Crippen molar-refractivity contribution >= 4 is 23.6 Å². The van der Waals surface area contributed by atoms with Gasteiger partial charge in [-0.2, -0.15) is 0 Å². The third-order valence-electron chi connectivity index (χ3n) is 5.86. The van der Waals surface area contributed by atoms with E-state index in [0.717, 1.165) is 5.56 Å².